The van der Waals surface area contributed by atoms with E-state index in [0.29, 0.717) is 5.56 Å². The summed E-state index contributed by atoms with van der Waals surface area (Å²) in [5.41, 5.74) is 0.736. The number of hydrogen-bond donors (Lipinski definition) is 1. The Hall–Kier alpha value is -2.48. The molecule has 1 radical (unpaired) electrons. The van der Waals surface area contributed by atoms with E-state index in [4.69, 9.17) is 5.26 Å². The first-order chi connectivity index (χ1) is 9.49. The Kier molecular flexibility index (Phi) is 3.94. The third-order valence-electron chi connectivity index (χ3n) is 2.78. The van der Waals surface area contributed by atoms with Crippen LogP contribution in [0.4, 0.5) is 18.9 Å². The Balaban J connectivity index is 2.28. The van der Waals surface area contributed by atoms with Gasteiger partial charge in [-0.05, 0) is 37.3 Å². The van der Waals surface area contributed by atoms with Crippen molar-refractivity contribution < 1.29 is 13.2 Å². The molecule has 20 heavy (non-hydrogen) atoms. The molecule has 0 amide bonds. The Labute approximate surface area is 114 Å². The van der Waals surface area contributed by atoms with E-state index in [0.717, 1.165) is 12.1 Å². The molecule has 2 nitrogen and oxygen atoms in total. The molecular formula is C15H10F3N2. The van der Waals surface area contributed by atoms with Crippen LogP contribution in [0.3, 0.4) is 0 Å². The highest BCUT2D eigenvalue weighted by Crippen LogP contribution is 2.23. The van der Waals surface area contributed by atoms with E-state index in [2.05, 4.69) is 5.32 Å². The van der Waals surface area contributed by atoms with E-state index in [1.807, 2.05) is 12.1 Å². The highest BCUT2D eigenvalue weighted by molar-refractivity contribution is 5.46. The molecule has 0 aliphatic heterocycles. The van der Waals surface area contributed by atoms with Crippen LogP contribution in [0, 0.1) is 34.8 Å². The minimum absolute atomic E-state index is 0.174. The van der Waals surface area contributed by atoms with Crippen molar-refractivity contribution in [2.45, 2.75) is 13.0 Å². The highest BCUT2D eigenvalue weighted by Gasteiger charge is 2.12. The first kappa shape index (κ1) is 13.9. The van der Waals surface area contributed by atoms with E-state index in [9.17, 15) is 13.2 Å². The van der Waals surface area contributed by atoms with E-state index >= 15 is 0 Å². The maximum Gasteiger partial charge on any atom is 0.136 e. The van der Waals surface area contributed by atoms with Gasteiger partial charge in [-0.3, -0.25) is 0 Å². The van der Waals surface area contributed by atoms with Gasteiger partial charge < -0.3 is 5.32 Å². The quantitative estimate of drug-likeness (QED) is 0.920. The van der Waals surface area contributed by atoms with Crippen molar-refractivity contribution in [2.75, 3.05) is 5.32 Å². The van der Waals surface area contributed by atoms with E-state index in [-0.39, 0.29) is 11.3 Å². The van der Waals surface area contributed by atoms with E-state index in [1.54, 1.807) is 6.92 Å². The fourth-order valence-electron chi connectivity index (χ4n) is 1.86. The van der Waals surface area contributed by atoms with Gasteiger partial charge in [0.05, 0.1) is 23.7 Å². The molecule has 2 rings (SSSR count). The maximum atomic E-state index is 13.7. The number of benzene rings is 2. The summed E-state index contributed by atoms with van der Waals surface area (Å²) in [7, 11) is 0. The molecule has 1 unspecified atom stereocenters. The molecule has 0 bridgehead atoms. The van der Waals surface area contributed by atoms with Gasteiger partial charge in [0, 0.05) is 11.3 Å². The number of nitriles is 1. The molecule has 0 aliphatic carbocycles. The van der Waals surface area contributed by atoms with Crippen LogP contribution in [-0.4, -0.2) is 0 Å². The molecule has 0 aromatic heterocycles. The van der Waals surface area contributed by atoms with Gasteiger partial charge in [0.1, 0.15) is 17.5 Å². The number of hydrogen-bond acceptors (Lipinski definition) is 2. The average molecular weight is 275 g/mol. The van der Waals surface area contributed by atoms with E-state index < -0.39 is 23.5 Å². The molecular weight excluding hydrogens is 265 g/mol. The number of nitrogens with zero attached hydrogens (tertiary/aromatic N) is 1. The largest absolute Gasteiger partial charge is 0.378 e. The van der Waals surface area contributed by atoms with Gasteiger partial charge in [-0.15, -0.1) is 0 Å². The molecule has 0 heterocycles. The van der Waals surface area contributed by atoms with Gasteiger partial charge in [0.2, 0.25) is 0 Å². The van der Waals surface area contributed by atoms with Crippen LogP contribution < -0.4 is 5.32 Å². The Morgan fingerprint density at radius 1 is 1.15 bits per heavy atom. The zero-order valence-corrected chi connectivity index (χ0v) is 10.5. The van der Waals surface area contributed by atoms with Gasteiger partial charge in [0.15, 0.2) is 0 Å². The van der Waals surface area contributed by atoms with Gasteiger partial charge in [0.25, 0.3) is 0 Å². The van der Waals surface area contributed by atoms with Gasteiger partial charge in [-0.25, -0.2) is 13.2 Å². The van der Waals surface area contributed by atoms with Gasteiger partial charge in [-0.2, -0.15) is 5.26 Å². The summed E-state index contributed by atoms with van der Waals surface area (Å²) in [6, 6.07) is 9.29. The smallest absolute Gasteiger partial charge is 0.136 e. The third-order valence-corrected chi connectivity index (χ3v) is 2.78. The number of nitrogens with one attached hydrogen (secondary N) is 1. The number of rotatable bonds is 3. The summed E-state index contributed by atoms with van der Waals surface area (Å²) in [6.07, 6.45) is 0. The van der Waals surface area contributed by atoms with E-state index in [1.165, 1.54) is 18.2 Å². The summed E-state index contributed by atoms with van der Waals surface area (Å²) in [6.45, 7) is 1.63. The second-order valence-corrected chi connectivity index (χ2v) is 4.28. The number of anilines is 1. The zero-order chi connectivity index (χ0) is 14.7. The SMILES string of the molecule is CC(Nc1cc(F)[c]c(F)c1)c1cc(C#N)ccc1F. The second-order valence-electron chi connectivity index (χ2n) is 4.28. The van der Waals surface area contributed by atoms with Crippen LogP contribution in [0.15, 0.2) is 30.3 Å². The third kappa shape index (κ3) is 3.09. The molecule has 0 aliphatic rings. The fraction of sp³-hybridized carbons (Fsp3) is 0.133. The van der Waals surface area contributed by atoms with Crippen molar-refractivity contribution in [1.29, 1.82) is 5.26 Å². The van der Waals surface area contributed by atoms with Crippen molar-refractivity contribution in [2.24, 2.45) is 0 Å². The first-order valence-corrected chi connectivity index (χ1v) is 5.84. The lowest BCUT2D eigenvalue weighted by Gasteiger charge is -2.16. The standard InChI is InChI=1S/C15H10F3N2/c1-9(14-4-10(8-19)2-3-15(14)18)20-13-6-11(16)5-12(17)7-13/h2-4,6-7,9,20H,1H3. The molecule has 5 heteroatoms. The monoisotopic (exact) mass is 275 g/mol. The van der Waals surface area contributed by atoms with Crippen LogP contribution in [0.25, 0.3) is 0 Å². The summed E-state index contributed by atoms with van der Waals surface area (Å²) in [5, 5.41) is 11.6. The summed E-state index contributed by atoms with van der Waals surface area (Å²) >= 11 is 0. The minimum atomic E-state index is -0.842. The molecule has 0 spiro atoms. The van der Waals surface area contributed by atoms with Crippen LogP contribution in [0.2, 0.25) is 0 Å². The minimum Gasteiger partial charge on any atom is -0.378 e. The van der Waals surface area contributed by atoms with Gasteiger partial charge in [-0.1, -0.05) is 0 Å². The van der Waals surface area contributed by atoms with Crippen molar-refractivity contribution >= 4 is 5.69 Å². The predicted octanol–water partition coefficient (Wildman–Crippen LogP) is 3.95. The molecule has 101 valence electrons. The Morgan fingerprint density at radius 3 is 2.40 bits per heavy atom. The van der Waals surface area contributed by atoms with Crippen LogP contribution >= 0.6 is 0 Å². The lowest BCUT2D eigenvalue weighted by Crippen LogP contribution is -2.09. The van der Waals surface area contributed by atoms with Crippen molar-refractivity contribution in [1.82, 2.24) is 0 Å². The van der Waals surface area contributed by atoms with Crippen molar-refractivity contribution in [3.05, 3.63) is 65.0 Å². The lowest BCUT2D eigenvalue weighted by molar-refractivity contribution is 0.579. The van der Waals surface area contributed by atoms with Crippen LogP contribution in [-0.2, 0) is 0 Å². The second kappa shape index (κ2) is 5.66. The average Bonchev–Trinajstić information content (AvgIpc) is 2.37. The number of halogens is 3. The summed E-state index contributed by atoms with van der Waals surface area (Å²) in [5.74, 6) is -2.18. The summed E-state index contributed by atoms with van der Waals surface area (Å²) < 4.78 is 39.8. The fourth-order valence-corrected chi connectivity index (χ4v) is 1.86. The van der Waals surface area contributed by atoms with Crippen molar-refractivity contribution in [3.63, 3.8) is 0 Å². The van der Waals surface area contributed by atoms with Crippen LogP contribution in [0.1, 0.15) is 24.1 Å². The molecule has 0 fully saturated rings. The zero-order valence-electron chi connectivity index (χ0n) is 10.5. The molecule has 0 saturated carbocycles. The molecule has 1 N–H and O–H groups in total. The van der Waals surface area contributed by atoms with Crippen LogP contribution in [0.5, 0.6) is 0 Å². The van der Waals surface area contributed by atoms with Crippen molar-refractivity contribution in [3.8, 4) is 6.07 Å². The maximum absolute atomic E-state index is 13.7. The molecule has 2 aromatic carbocycles. The Morgan fingerprint density at radius 2 is 1.80 bits per heavy atom. The highest BCUT2D eigenvalue weighted by atomic mass is 19.1. The molecule has 0 saturated heterocycles. The molecule has 2 aromatic rings. The summed E-state index contributed by atoms with van der Waals surface area (Å²) in [4.78, 5) is 0. The molecule has 1 atom stereocenters. The Bertz CT molecular complexity index is 657. The first-order valence-electron chi connectivity index (χ1n) is 5.84. The normalized spacial score (nSPS) is 11.8. The lowest BCUT2D eigenvalue weighted by atomic mass is 10.0. The van der Waals surface area contributed by atoms with Gasteiger partial charge >= 0.3 is 0 Å². The predicted molar refractivity (Wildman–Crippen MR) is 68.3 cm³/mol. The topological polar surface area (TPSA) is 35.8 Å².